The van der Waals surface area contributed by atoms with Crippen LogP contribution in [0.4, 0.5) is 0 Å². The number of fused-ring (bicyclic) bond motifs is 1. The molecule has 86 valence electrons. The molecule has 1 aliphatic heterocycles. The number of aryl methyl sites for hydroxylation is 1. The summed E-state index contributed by atoms with van der Waals surface area (Å²) in [6.07, 6.45) is 2.18. The van der Waals surface area contributed by atoms with Crippen molar-refractivity contribution in [2.75, 3.05) is 0 Å². The number of rotatable bonds is 2. The van der Waals surface area contributed by atoms with Crippen LogP contribution in [-0.2, 0) is 11.2 Å². The highest BCUT2D eigenvalue weighted by molar-refractivity contribution is 6.15. The zero-order valence-electron chi connectivity index (χ0n) is 9.58. The summed E-state index contributed by atoms with van der Waals surface area (Å²) in [5.41, 5.74) is 1.62. The van der Waals surface area contributed by atoms with E-state index in [-0.39, 0.29) is 0 Å². The van der Waals surface area contributed by atoms with Crippen LogP contribution < -0.4 is 0 Å². The lowest BCUT2D eigenvalue weighted by molar-refractivity contribution is 0.0443. The second kappa shape index (κ2) is 4.84. The Morgan fingerprint density at radius 3 is 2.76 bits per heavy atom. The summed E-state index contributed by atoms with van der Waals surface area (Å²) in [5, 5.41) is 0. The molecule has 3 nitrogen and oxygen atoms in total. The summed E-state index contributed by atoms with van der Waals surface area (Å²) in [6, 6.07) is 5.22. The van der Waals surface area contributed by atoms with Crippen molar-refractivity contribution >= 4 is 11.9 Å². The fraction of sp³-hybridized carbons (Fsp3) is 0.286. The van der Waals surface area contributed by atoms with Crippen LogP contribution in [-0.4, -0.2) is 11.9 Å². The maximum Gasteiger partial charge on any atom is 0.347 e. The van der Waals surface area contributed by atoms with E-state index in [1.807, 2.05) is 13.0 Å². The normalized spacial score (nSPS) is 12.8. The first-order valence-corrected chi connectivity index (χ1v) is 5.58. The Morgan fingerprint density at radius 1 is 1.18 bits per heavy atom. The average Bonchev–Trinajstić information content (AvgIpc) is 2.62. The third kappa shape index (κ3) is 2.21. The molecule has 0 saturated heterocycles. The Balaban J connectivity index is 2.25. The van der Waals surface area contributed by atoms with Crippen molar-refractivity contribution in [3.8, 4) is 11.8 Å². The largest absolute Gasteiger partial charge is 0.386 e. The molecule has 0 saturated carbocycles. The monoisotopic (exact) mass is 228 g/mol. The molecule has 1 aliphatic rings. The Morgan fingerprint density at radius 2 is 2.00 bits per heavy atom. The SMILES string of the molecule is CCC#CCCc1cccc2c1C(=O)OC2=O. The van der Waals surface area contributed by atoms with Gasteiger partial charge in [-0.3, -0.25) is 0 Å². The molecular weight excluding hydrogens is 216 g/mol. The van der Waals surface area contributed by atoms with Crippen LogP contribution in [0.25, 0.3) is 0 Å². The molecule has 2 rings (SSSR count). The van der Waals surface area contributed by atoms with Gasteiger partial charge in [-0.15, -0.1) is 11.8 Å². The van der Waals surface area contributed by atoms with Gasteiger partial charge in [0.2, 0.25) is 0 Å². The van der Waals surface area contributed by atoms with Crippen LogP contribution in [0.1, 0.15) is 46.0 Å². The summed E-state index contributed by atoms with van der Waals surface area (Å²) in [7, 11) is 0. The summed E-state index contributed by atoms with van der Waals surface area (Å²) in [4.78, 5) is 22.8. The Labute approximate surface area is 99.8 Å². The first-order chi connectivity index (χ1) is 8.24. The van der Waals surface area contributed by atoms with Gasteiger partial charge in [-0.05, 0) is 18.1 Å². The summed E-state index contributed by atoms with van der Waals surface area (Å²) in [5.74, 6) is 4.90. The molecule has 0 atom stereocenters. The maximum atomic E-state index is 11.5. The van der Waals surface area contributed by atoms with Crippen molar-refractivity contribution in [2.24, 2.45) is 0 Å². The van der Waals surface area contributed by atoms with E-state index < -0.39 is 11.9 Å². The molecule has 1 heterocycles. The Hall–Kier alpha value is -2.08. The van der Waals surface area contributed by atoms with Crippen LogP contribution in [0.2, 0.25) is 0 Å². The summed E-state index contributed by atoms with van der Waals surface area (Å²) >= 11 is 0. The second-order valence-corrected chi connectivity index (χ2v) is 3.72. The van der Waals surface area contributed by atoms with Gasteiger partial charge in [0.1, 0.15) is 0 Å². The maximum absolute atomic E-state index is 11.5. The molecule has 0 fully saturated rings. The summed E-state index contributed by atoms with van der Waals surface area (Å²) in [6.45, 7) is 1.99. The lowest BCUT2D eigenvalue weighted by Crippen LogP contribution is -2.00. The Kier molecular flexibility index (Phi) is 3.24. The molecule has 0 aromatic heterocycles. The van der Waals surface area contributed by atoms with Crippen LogP contribution >= 0.6 is 0 Å². The fourth-order valence-corrected chi connectivity index (χ4v) is 1.82. The van der Waals surface area contributed by atoms with Crippen LogP contribution in [0, 0.1) is 11.8 Å². The number of hydrogen-bond donors (Lipinski definition) is 0. The highest BCUT2D eigenvalue weighted by atomic mass is 16.6. The van der Waals surface area contributed by atoms with Crippen molar-refractivity contribution in [3.05, 3.63) is 34.9 Å². The molecular formula is C14H12O3. The van der Waals surface area contributed by atoms with Crippen molar-refractivity contribution in [1.29, 1.82) is 0 Å². The van der Waals surface area contributed by atoms with Crippen LogP contribution in [0.3, 0.4) is 0 Å². The number of cyclic esters (lactones) is 2. The van der Waals surface area contributed by atoms with E-state index >= 15 is 0 Å². The third-order valence-corrected chi connectivity index (χ3v) is 2.58. The topological polar surface area (TPSA) is 43.4 Å². The molecule has 1 aromatic carbocycles. The molecule has 3 heteroatoms. The molecule has 0 amide bonds. The van der Waals surface area contributed by atoms with E-state index in [9.17, 15) is 9.59 Å². The van der Waals surface area contributed by atoms with Gasteiger partial charge in [-0.25, -0.2) is 9.59 Å². The first-order valence-electron chi connectivity index (χ1n) is 5.58. The van der Waals surface area contributed by atoms with E-state index in [1.54, 1.807) is 12.1 Å². The number of benzene rings is 1. The molecule has 1 aromatic rings. The lowest BCUT2D eigenvalue weighted by atomic mass is 9.99. The lowest BCUT2D eigenvalue weighted by Gasteiger charge is -2.01. The minimum Gasteiger partial charge on any atom is -0.386 e. The average molecular weight is 228 g/mol. The third-order valence-electron chi connectivity index (χ3n) is 2.58. The molecule has 0 unspecified atom stereocenters. The fourth-order valence-electron chi connectivity index (χ4n) is 1.82. The van der Waals surface area contributed by atoms with Gasteiger partial charge >= 0.3 is 11.9 Å². The van der Waals surface area contributed by atoms with Gasteiger partial charge in [0.25, 0.3) is 0 Å². The van der Waals surface area contributed by atoms with Gasteiger partial charge < -0.3 is 4.74 Å². The molecule has 0 aliphatic carbocycles. The summed E-state index contributed by atoms with van der Waals surface area (Å²) < 4.78 is 4.59. The van der Waals surface area contributed by atoms with Gasteiger partial charge in [0, 0.05) is 12.8 Å². The zero-order valence-corrected chi connectivity index (χ0v) is 9.58. The number of esters is 2. The number of carbonyl (C=O) groups is 2. The van der Waals surface area contributed by atoms with E-state index in [0.29, 0.717) is 24.0 Å². The van der Waals surface area contributed by atoms with Crippen molar-refractivity contribution < 1.29 is 14.3 Å². The van der Waals surface area contributed by atoms with Gasteiger partial charge in [-0.1, -0.05) is 19.1 Å². The first kappa shape index (κ1) is 11.4. The zero-order chi connectivity index (χ0) is 12.3. The van der Waals surface area contributed by atoms with E-state index in [1.165, 1.54) is 0 Å². The minimum absolute atomic E-state index is 0.371. The smallest absolute Gasteiger partial charge is 0.347 e. The van der Waals surface area contributed by atoms with Crippen molar-refractivity contribution in [2.45, 2.75) is 26.2 Å². The van der Waals surface area contributed by atoms with Gasteiger partial charge in [0.15, 0.2) is 0 Å². The molecule has 0 radical (unpaired) electrons. The number of hydrogen-bond acceptors (Lipinski definition) is 3. The molecule has 17 heavy (non-hydrogen) atoms. The quantitative estimate of drug-likeness (QED) is 0.443. The minimum atomic E-state index is -0.550. The molecule has 0 spiro atoms. The molecule has 0 bridgehead atoms. The van der Waals surface area contributed by atoms with Gasteiger partial charge in [-0.2, -0.15) is 0 Å². The van der Waals surface area contributed by atoms with Crippen molar-refractivity contribution in [3.63, 3.8) is 0 Å². The van der Waals surface area contributed by atoms with E-state index in [2.05, 4.69) is 16.6 Å². The predicted octanol–water partition coefficient (Wildman–Crippen LogP) is 2.34. The standard InChI is InChI=1S/C14H12O3/c1-2-3-4-5-7-10-8-6-9-11-12(10)14(16)17-13(11)15/h6,8-9H,2,5,7H2,1H3. The predicted molar refractivity (Wildman–Crippen MR) is 62.6 cm³/mol. The van der Waals surface area contributed by atoms with Crippen LogP contribution in [0.5, 0.6) is 0 Å². The van der Waals surface area contributed by atoms with E-state index in [4.69, 9.17) is 0 Å². The highest BCUT2D eigenvalue weighted by Crippen LogP contribution is 2.24. The van der Waals surface area contributed by atoms with Crippen molar-refractivity contribution in [1.82, 2.24) is 0 Å². The molecule has 0 N–H and O–H groups in total. The Bertz CT molecular complexity index is 532. The number of carbonyl (C=O) groups excluding carboxylic acids is 2. The second-order valence-electron chi connectivity index (χ2n) is 3.72. The van der Waals surface area contributed by atoms with Crippen LogP contribution in [0.15, 0.2) is 18.2 Å². The number of ether oxygens (including phenoxy) is 1. The highest BCUT2D eigenvalue weighted by Gasteiger charge is 2.31. The van der Waals surface area contributed by atoms with Gasteiger partial charge in [0.05, 0.1) is 11.1 Å². The van der Waals surface area contributed by atoms with E-state index in [0.717, 1.165) is 12.0 Å².